The van der Waals surface area contributed by atoms with Gasteiger partial charge in [-0.1, -0.05) is 11.8 Å². The summed E-state index contributed by atoms with van der Waals surface area (Å²) < 4.78 is 13.2. The van der Waals surface area contributed by atoms with E-state index in [0.29, 0.717) is 10.6 Å². The number of carbonyl (C=O) groups excluding carboxylic acids is 1. The summed E-state index contributed by atoms with van der Waals surface area (Å²) in [4.78, 5) is 25.6. The van der Waals surface area contributed by atoms with E-state index in [9.17, 15) is 19.3 Å². The van der Waals surface area contributed by atoms with Crippen LogP contribution in [-0.2, 0) is 4.79 Å². The zero-order chi connectivity index (χ0) is 16.8. The van der Waals surface area contributed by atoms with Gasteiger partial charge in [0.1, 0.15) is 0 Å². The summed E-state index contributed by atoms with van der Waals surface area (Å²) >= 11 is 1.11. The van der Waals surface area contributed by atoms with Crippen molar-refractivity contribution in [2.45, 2.75) is 5.03 Å². The number of benzene rings is 1. The zero-order valence-corrected chi connectivity index (χ0v) is 12.3. The first kappa shape index (κ1) is 16.4. The van der Waals surface area contributed by atoms with E-state index in [4.69, 9.17) is 5.26 Å². The molecule has 0 saturated heterocycles. The molecule has 0 aliphatic rings. The Labute approximate surface area is 134 Å². The third-order valence-corrected chi connectivity index (χ3v) is 3.57. The summed E-state index contributed by atoms with van der Waals surface area (Å²) in [6.45, 7) is 0. The van der Waals surface area contributed by atoms with Crippen LogP contribution in [0.1, 0.15) is 5.56 Å². The van der Waals surface area contributed by atoms with Crippen LogP contribution < -0.4 is 5.32 Å². The molecule has 2 rings (SSSR count). The van der Waals surface area contributed by atoms with Gasteiger partial charge in [-0.05, 0) is 24.3 Å². The van der Waals surface area contributed by atoms with E-state index in [1.807, 2.05) is 6.07 Å². The third kappa shape index (κ3) is 4.49. The molecule has 1 N–H and O–H groups in total. The van der Waals surface area contributed by atoms with Crippen molar-refractivity contribution < 1.29 is 14.1 Å². The number of carbonyl (C=O) groups is 1. The van der Waals surface area contributed by atoms with Crippen LogP contribution in [0.3, 0.4) is 0 Å². The summed E-state index contributed by atoms with van der Waals surface area (Å²) in [6.07, 6.45) is 1.46. The predicted molar refractivity (Wildman–Crippen MR) is 81.4 cm³/mol. The SMILES string of the molecule is N#Cc1ccnc(SCC(=O)Nc2ccc(F)c([N+](=O)[O-])c2)c1. The van der Waals surface area contributed by atoms with Gasteiger partial charge < -0.3 is 5.32 Å². The second-order valence-electron chi connectivity index (χ2n) is 4.25. The highest BCUT2D eigenvalue weighted by atomic mass is 32.2. The van der Waals surface area contributed by atoms with Gasteiger partial charge in [0.05, 0.1) is 27.3 Å². The number of hydrogen-bond acceptors (Lipinski definition) is 6. The molecule has 1 aromatic heterocycles. The highest BCUT2D eigenvalue weighted by Gasteiger charge is 2.15. The summed E-state index contributed by atoms with van der Waals surface area (Å²) in [7, 11) is 0. The molecule has 0 fully saturated rings. The Morgan fingerprint density at radius 1 is 1.43 bits per heavy atom. The lowest BCUT2D eigenvalue weighted by atomic mass is 10.2. The van der Waals surface area contributed by atoms with Crippen molar-refractivity contribution >= 4 is 29.0 Å². The standard InChI is InChI=1S/C14H9FN4O3S/c15-11-2-1-10(6-12(11)19(21)22)18-13(20)8-23-14-5-9(7-16)3-4-17-14/h1-6H,8H2,(H,18,20). The molecule has 0 unspecified atom stereocenters. The number of halogens is 1. The fraction of sp³-hybridized carbons (Fsp3) is 0.0714. The van der Waals surface area contributed by atoms with Crippen molar-refractivity contribution in [1.29, 1.82) is 5.26 Å². The van der Waals surface area contributed by atoms with E-state index < -0.39 is 22.3 Å². The maximum Gasteiger partial charge on any atom is 0.306 e. The summed E-state index contributed by atoms with van der Waals surface area (Å²) in [5, 5.41) is 22.4. The number of hydrogen-bond donors (Lipinski definition) is 1. The van der Waals surface area contributed by atoms with E-state index in [1.54, 1.807) is 12.1 Å². The van der Waals surface area contributed by atoms with Gasteiger partial charge in [-0.15, -0.1) is 0 Å². The molecule has 9 heteroatoms. The number of pyridine rings is 1. The molecule has 0 aliphatic heterocycles. The van der Waals surface area contributed by atoms with E-state index in [-0.39, 0.29) is 11.4 Å². The van der Waals surface area contributed by atoms with Crippen LogP contribution in [0.4, 0.5) is 15.8 Å². The first-order valence-corrected chi connectivity index (χ1v) is 7.21. The Kier molecular flexibility index (Phi) is 5.22. The highest BCUT2D eigenvalue weighted by molar-refractivity contribution is 7.99. The first-order valence-electron chi connectivity index (χ1n) is 6.22. The normalized spacial score (nSPS) is 9.91. The predicted octanol–water partition coefficient (Wildman–Crippen LogP) is 2.73. The lowest BCUT2D eigenvalue weighted by molar-refractivity contribution is -0.387. The van der Waals surface area contributed by atoms with Gasteiger partial charge in [0.25, 0.3) is 0 Å². The zero-order valence-electron chi connectivity index (χ0n) is 11.5. The molecular formula is C14H9FN4O3S. The molecular weight excluding hydrogens is 323 g/mol. The largest absolute Gasteiger partial charge is 0.325 e. The summed E-state index contributed by atoms with van der Waals surface area (Å²) in [6, 6.07) is 8.15. The monoisotopic (exact) mass is 332 g/mol. The minimum absolute atomic E-state index is 0.00689. The van der Waals surface area contributed by atoms with Crippen molar-refractivity contribution in [2.24, 2.45) is 0 Å². The van der Waals surface area contributed by atoms with E-state index >= 15 is 0 Å². The molecule has 1 aromatic carbocycles. The Hall–Kier alpha value is -2.99. The smallest absolute Gasteiger partial charge is 0.306 e. The fourth-order valence-corrected chi connectivity index (χ4v) is 2.32. The Morgan fingerprint density at radius 3 is 2.91 bits per heavy atom. The summed E-state index contributed by atoms with van der Waals surface area (Å²) in [5.74, 6) is -1.41. The molecule has 0 atom stereocenters. The number of thioether (sulfide) groups is 1. The number of nitrogens with zero attached hydrogens (tertiary/aromatic N) is 3. The number of nitriles is 1. The number of amides is 1. The Bertz CT molecular complexity index is 807. The van der Waals surface area contributed by atoms with Gasteiger partial charge in [0, 0.05) is 18.0 Å². The Morgan fingerprint density at radius 2 is 2.22 bits per heavy atom. The molecule has 0 aliphatic carbocycles. The van der Waals surface area contributed by atoms with Crippen LogP contribution >= 0.6 is 11.8 Å². The van der Waals surface area contributed by atoms with Crippen molar-refractivity contribution in [3.63, 3.8) is 0 Å². The second kappa shape index (κ2) is 7.33. The summed E-state index contributed by atoms with van der Waals surface area (Å²) in [5.41, 5.74) is -0.154. The quantitative estimate of drug-likeness (QED) is 0.512. The van der Waals surface area contributed by atoms with Crippen molar-refractivity contribution in [1.82, 2.24) is 4.98 Å². The van der Waals surface area contributed by atoms with Crippen molar-refractivity contribution in [2.75, 3.05) is 11.1 Å². The molecule has 0 radical (unpaired) electrons. The number of nitro groups is 1. The first-order chi connectivity index (χ1) is 11.0. The number of aromatic nitrogens is 1. The van der Waals surface area contributed by atoms with Crippen LogP contribution in [0, 0.1) is 27.3 Å². The number of nitro benzene ring substituents is 1. The highest BCUT2D eigenvalue weighted by Crippen LogP contribution is 2.22. The molecule has 116 valence electrons. The molecule has 1 amide bonds. The van der Waals surface area contributed by atoms with Crippen LogP contribution in [0.15, 0.2) is 41.6 Å². The van der Waals surface area contributed by atoms with Gasteiger partial charge in [0.15, 0.2) is 0 Å². The van der Waals surface area contributed by atoms with Gasteiger partial charge in [-0.2, -0.15) is 9.65 Å². The van der Waals surface area contributed by atoms with Crippen molar-refractivity contribution in [3.8, 4) is 6.07 Å². The number of nitrogens with one attached hydrogen (secondary N) is 1. The molecule has 7 nitrogen and oxygen atoms in total. The van der Waals surface area contributed by atoms with Gasteiger partial charge in [-0.3, -0.25) is 14.9 Å². The van der Waals surface area contributed by atoms with Crippen LogP contribution in [0.25, 0.3) is 0 Å². The average Bonchev–Trinajstić information content (AvgIpc) is 2.54. The fourth-order valence-electron chi connectivity index (χ4n) is 1.62. The number of rotatable bonds is 5. The molecule has 1 heterocycles. The van der Waals surface area contributed by atoms with Crippen LogP contribution in [-0.4, -0.2) is 21.6 Å². The maximum atomic E-state index is 13.2. The van der Waals surface area contributed by atoms with E-state index in [0.717, 1.165) is 23.9 Å². The van der Waals surface area contributed by atoms with Gasteiger partial charge in [0.2, 0.25) is 11.7 Å². The van der Waals surface area contributed by atoms with Crippen LogP contribution in [0.2, 0.25) is 0 Å². The molecule has 0 spiro atoms. The van der Waals surface area contributed by atoms with Crippen LogP contribution in [0.5, 0.6) is 0 Å². The third-order valence-electron chi connectivity index (χ3n) is 2.64. The molecule has 0 saturated carbocycles. The Balaban J connectivity index is 1.98. The lowest BCUT2D eigenvalue weighted by Gasteiger charge is -2.05. The lowest BCUT2D eigenvalue weighted by Crippen LogP contribution is -2.14. The van der Waals surface area contributed by atoms with E-state index in [1.165, 1.54) is 12.3 Å². The minimum Gasteiger partial charge on any atom is -0.325 e. The maximum absolute atomic E-state index is 13.2. The van der Waals surface area contributed by atoms with Crippen molar-refractivity contribution in [3.05, 3.63) is 58.0 Å². The van der Waals surface area contributed by atoms with E-state index in [2.05, 4.69) is 10.3 Å². The number of anilines is 1. The average molecular weight is 332 g/mol. The van der Waals surface area contributed by atoms with Gasteiger partial charge in [-0.25, -0.2) is 4.98 Å². The molecule has 2 aromatic rings. The minimum atomic E-state index is -0.972. The molecule has 0 bridgehead atoms. The van der Waals surface area contributed by atoms with Gasteiger partial charge >= 0.3 is 5.69 Å². The topological polar surface area (TPSA) is 109 Å². The second-order valence-corrected chi connectivity index (χ2v) is 5.25. The molecule has 23 heavy (non-hydrogen) atoms.